The van der Waals surface area contributed by atoms with E-state index in [0.29, 0.717) is 0 Å². The molecule has 8 nitrogen and oxygen atoms in total. The van der Waals surface area contributed by atoms with Crippen LogP contribution in [0.3, 0.4) is 0 Å². The molecule has 0 spiro atoms. The molecule has 2 N–H and O–H groups in total. The van der Waals surface area contributed by atoms with E-state index in [0.717, 1.165) is 16.1 Å². The van der Waals surface area contributed by atoms with Crippen LogP contribution < -0.4 is 5.43 Å². The van der Waals surface area contributed by atoms with Crippen LogP contribution in [-0.4, -0.2) is 52.9 Å². The number of methoxy groups -OCH3 is 1. The molecule has 2 rings (SSSR count). The van der Waals surface area contributed by atoms with Crippen LogP contribution in [0.5, 0.6) is 0 Å². The smallest absolute Gasteiger partial charge is 0.425 e. The van der Waals surface area contributed by atoms with Gasteiger partial charge in [-0.05, 0) is 31.9 Å². The molecular formula is C24H30N2O6. The van der Waals surface area contributed by atoms with Crippen molar-refractivity contribution in [2.45, 2.75) is 51.3 Å². The van der Waals surface area contributed by atoms with Gasteiger partial charge in [0.05, 0.1) is 7.11 Å². The minimum absolute atomic E-state index is 0.0920. The largest absolute Gasteiger partial charge is 0.480 e. The summed E-state index contributed by atoms with van der Waals surface area (Å²) in [5.74, 6) is -1.87. The maximum absolute atomic E-state index is 13.1. The lowest BCUT2D eigenvalue weighted by atomic mass is 10.0. The number of esters is 1. The summed E-state index contributed by atoms with van der Waals surface area (Å²) in [5, 5.41) is 10.7. The van der Waals surface area contributed by atoms with Gasteiger partial charge in [-0.2, -0.15) is 0 Å². The van der Waals surface area contributed by atoms with Gasteiger partial charge in [-0.1, -0.05) is 60.7 Å². The highest BCUT2D eigenvalue weighted by molar-refractivity contribution is 5.82. The number of nitrogens with one attached hydrogen (secondary N) is 1. The standard InChI is InChI=1S/C24H30N2O6/c1-24(2,3)32-23(30)26(20(22(29)31-4)16-18-13-9-6-10-14-18)25-19(21(27)28)15-17-11-7-5-8-12-17/h5-14,19-20,25H,15-16H2,1-4H3,(H,27,28)/t19-,20-/m0/s1. The summed E-state index contributed by atoms with van der Waals surface area (Å²) in [6.45, 7) is 5.06. The van der Waals surface area contributed by atoms with Gasteiger partial charge in [0, 0.05) is 12.8 Å². The quantitative estimate of drug-likeness (QED) is 0.454. The van der Waals surface area contributed by atoms with Crippen LogP contribution in [0.2, 0.25) is 0 Å². The minimum Gasteiger partial charge on any atom is -0.480 e. The highest BCUT2D eigenvalue weighted by atomic mass is 16.6. The fraction of sp³-hybridized carbons (Fsp3) is 0.375. The average Bonchev–Trinajstić information content (AvgIpc) is 2.74. The Morgan fingerprint density at radius 2 is 1.44 bits per heavy atom. The van der Waals surface area contributed by atoms with E-state index in [9.17, 15) is 19.5 Å². The van der Waals surface area contributed by atoms with Crippen molar-refractivity contribution in [3.63, 3.8) is 0 Å². The number of amides is 1. The molecular weight excluding hydrogens is 412 g/mol. The van der Waals surface area contributed by atoms with E-state index in [-0.39, 0.29) is 12.8 Å². The van der Waals surface area contributed by atoms with Gasteiger partial charge < -0.3 is 14.6 Å². The first kappa shape index (κ1) is 24.9. The molecule has 0 unspecified atom stereocenters. The minimum atomic E-state index is -1.19. The number of carbonyl (C=O) groups excluding carboxylic acids is 2. The summed E-state index contributed by atoms with van der Waals surface area (Å²) in [4.78, 5) is 37.8. The molecule has 0 heterocycles. The molecule has 32 heavy (non-hydrogen) atoms. The zero-order chi connectivity index (χ0) is 23.7. The van der Waals surface area contributed by atoms with Gasteiger partial charge in [-0.15, -0.1) is 0 Å². The fourth-order valence-electron chi connectivity index (χ4n) is 3.04. The average molecular weight is 443 g/mol. The number of carboxylic acid groups (broad SMARTS) is 1. The predicted molar refractivity (Wildman–Crippen MR) is 119 cm³/mol. The molecule has 0 aromatic heterocycles. The third-order valence-electron chi connectivity index (χ3n) is 4.52. The van der Waals surface area contributed by atoms with Crippen molar-refractivity contribution in [3.05, 3.63) is 71.8 Å². The zero-order valence-electron chi connectivity index (χ0n) is 18.8. The molecule has 172 valence electrons. The second kappa shape index (κ2) is 11.3. The summed E-state index contributed by atoms with van der Waals surface area (Å²) < 4.78 is 10.4. The Morgan fingerprint density at radius 3 is 1.88 bits per heavy atom. The Bertz CT molecular complexity index is 896. The number of benzene rings is 2. The maximum atomic E-state index is 13.1. The Balaban J connectivity index is 2.39. The Labute approximate surface area is 188 Å². The van der Waals surface area contributed by atoms with Gasteiger partial charge in [-0.3, -0.25) is 4.79 Å². The lowest BCUT2D eigenvalue weighted by Gasteiger charge is -2.34. The molecule has 0 radical (unpaired) electrons. The van der Waals surface area contributed by atoms with Crippen molar-refractivity contribution in [2.75, 3.05) is 7.11 Å². The summed E-state index contributed by atoms with van der Waals surface area (Å²) in [6, 6.07) is 15.7. The molecule has 2 atom stereocenters. The number of ether oxygens (including phenoxy) is 2. The van der Waals surface area contributed by atoms with E-state index in [4.69, 9.17) is 9.47 Å². The highest BCUT2D eigenvalue weighted by Gasteiger charge is 2.37. The van der Waals surface area contributed by atoms with Crippen molar-refractivity contribution in [2.24, 2.45) is 0 Å². The van der Waals surface area contributed by atoms with Gasteiger partial charge in [0.2, 0.25) is 0 Å². The van der Waals surface area contributed by atoms with Crippen LogP contribution in [-0.2, 0) is 31.9 Å². The number of hydrogen-bond donors (Lipinski definition) is 2. The molecule has 2 aromatic rings. The van der Waals surface area contributed by atoms with Crippen LogP contribution in [0.25, 0.3) is 0 Å². The van der Waals surface area contributed by atoms with Gasteiger partial charge >= 0.3 is 18.0 Å². The molecule has 0 aliphatic carbocycles. The van der Waals surface area contributed by atoms with E-state index < -0.39 is 35.7 Å². The monoisotopic (exact) mass is 442 g/mol. The molecule has 0 aliphatic heterocycles. The van der Waals surface area contributed by atoms with Gasteiger partial charge in [0.25, 0.3) is 0 Å². The zero-order valence-corrected chi connectivity index (χ0v) is 18.8. The SMILES string of the molecule is COC(=O)[C@H](Cc1ccccc1)N(N[C@@H](Cc1ccccc1)C(=O)O)C(=O)OC(C)(C)C. The van der Waals surface area contributed by atoms with Crippen molar-refractivity contribution in [1.29, 1.82) is 0 Å². The number of aliphatic carboxylic acids is 1. The highest BCUT2D eigenvalue weighted by Crippen LogP contribution is 2.16. The number of hydrogen-bond acceptors (Lipinski definition) is 6. The summed E-state index contributed by atoms with van der Waals surface area (Å²) in [5.41, 5.74) is 3.39. The normalized spacial score (nSPS) is 13.0. The van der Waals surface area contributed by atoms with Gasteiger partial charge in [-0.25, -0.2) is 20.0 Å². The lowest BCUT2D eigenvalue weighted by molar-refractivity contribution is -0.151. The fourth-order valence-corrected chi connectivity index (χ4v) is 3.04. The topological polar surface area (TPSA) is 105 Å². The van der Waals surface area contributed by atoms with Gasteiger partial charge in [0.1, 0.15) is 11.6 Å². The first-order valence-electron chi connectivity index (χ1n) is 10.3. The molecule has 1 amide bonds. The van der Waals surface area contributed by atoms with Crippen molar-refractivity contribution in [3.8, 4) is 0 Å². The number of nitrogens with zero attached hydrogens (tertiary/aromatic N) is 1. The number of carboxylic acids is 1. The Kier molecular flexibility index (Phi) is 8.78. The Hall–Kier alpha value is -3.39. The maximum Gasteiger partial charge on any atom is 0.425 e. The van der Waals surface area contributed by atoms with E-state index in [2.05, 4.69) is 5.43 Å². The Morgan fingerprint density at radius 1 is 0.938 bits per heavy atom. The third-order valence-corrected chi connectivity index (χ3v) is 4.52. The van der Waals surface area contributed by atoms with Gasteiger partial charge in [0.15, 0.2) is 6.04 Å². The summed E-state index contributed by atoms with van der Waals surface area (Å²) >= 11 is 0. The van der Waals surface area contributed by atoms with E-state index in [1.54, 1.807) is 45.0 Å². The van der Waals surface area contributed by atoms with Crippen molar-refractivity contribution < 1.29 is 29.0 Å². The first-order chi connectivity index (χ1) is 15.1. The second-order valence-corrected chi connectivity index (χ2v) is 8.29. The van der Waals surface area contributed by atoms with Crippen LogP contribution in [0.1, 0.15) is 31.9 Å². The van der Waals surface area contributed by atoms with E-state index in [1.807, 2.05) is 36.4 Å². The summed E-state index contributed by atoms with van der Waals surface area (Å²) in [7, 11) is 1.21. The molecule has 0 saturated heterocycles. The molecule has 8 heteroatoms. The van der Waals surface area contributed by atoms with Crippen LogP contribution in [0.4, 0.5) is 4.79 Å². The number of carbonyl (C=O) groups is 3. The van der Waals surface area contributed by atoms with E-state index in [1.165, 1.54) is 7.11 Å². The molecule has 2 aromatic carbocycles. The predicted octanol–water partition coefficient (Wildman–Crippen LogP) is 3.21. The number of rotatable bonds is 9. The van der Waals surface area contributed by atoms with Crippen LogP contribution in [0.15, 0.2) is 60.7 Å². The lowest BCUT2D eigenvalue weighted by Crippen LogP contribution is -2.60. The van der Waals surface area contributed by atoms with Crippen molar-refractivity contribution >= 4 is 18.0 Å². The van der Waals surface area contributed by atoms with Crippen LogP contribution >= 0.6 is 0 Å². The van der Waals surface area contributed by atoms with E-state index >= 15 is 0 Å². The molecule has 0 aliphatic rings. The van der Waals surface area contributed by atoms with Crippen molar-refractivity contribution in [1.82, 2.24) is 10.4 Å². The molecule has 0 fully saturated rings. The second-order valence-electron chi connectivity index (χ2n) is 8.29. The summed E-state index contributed by atoms with van der Waals surface area (Å²) in [6.07, 6.45) is -0.672. The third kappa shape index (κ3) is 7.70. The first-order valence-corrected chi connectivity index (χ1v) is 10.3. The molecule has 0 bridgehead atoms. The number of hydrazine groups is 1. The van der Waals surface area contributed by atoms with Crippen LogP contribution in [0, 0.1) is 0 Å². The molecule has 0 saturated carbocycles.